The van der Waals surface area contributed by atoms with Crippen LogP contribution in [0.25, 0.3) is 0 Å². The summed E-state index contributed by atoms with van der Waals surface area (Å²) < 4.78 is 5.75. The van der Waals surface area contributed by atoms with Gasteiger partial charge in [0, 0.05) is 4.88 Å². The van der Waals surface area contributed by atoms with Crippen molar-refractivity contribution in [2.75, 3.05) is 11.9 Å². The highest BCUT2D eigenvalue weighted by atomic mass is 32.1. The van der Waals surface area contributed by atoms with Crippen molar-refractivity contribution in [2.24, 2.45) is 5.92 Å². The molecule has 0 spiro atoms. The van der Waals surface area contributed by atoms with Crippen molar-refractivity contribution < 1.29 is 9.53 Å². The van der Waals surface area contributed by atoms with Gasteiger partial charge in [-0.1, -0.05) is 26.0 Å². The first-order valence-corrected chi connectivity index (χ1v) is 10.6. The van der Waals surface area contributed by atoms with Crippen LogP contribution in [0.15, 0.2) is 24.3 Å². The lowest BCUT2D eigenvalue weighted by Crippen LogP contribution is -2.34. The lowest BCUT2D eigenvalue weighted by Gasteiger charge is -2.14. The molecule has 0 bridgehead atoms. The van der Waals surface area contributed by atoms with E-state index >= 15 is 0 Å². The molecule has 146 valence electrons. The molecule has 1 aromatic heterocycles. The number of anilines is 1. The molecule has 3 rings (SSSR count). The van der Waals surface area contributed by atoms with Gasteiger partial charge in [-0.25, -0.2) is 0 Å². The van der Waals surface area contributed by atoms with Crippen LogP contribution in [0, 0.1) is 17.2 Å². The van der Waals surface area contributed by atoms with Crippen molar-refractivity contribution in [1.82, 2.24) is 5.32 Å². The highest BCUT2D eigenvalue weighted by Gasteiger charge is 2.22. The second-order valence-corrected chi connectivity index (χ2v) is 8.65. The normalized spacial score (nSPS) is 12.8. The number of thiocarbonyl (C=S) groups is 1. The Labute approximate surface area is 174 Å². The number of hydrogen-bond acceptors (Lipinski definition) is 5. The second-order valence-electron chi connectivity index (χ2n) is 7.14. The molecule has 1 heterocycles. The first kappa shape index (κ1) is 20.3. The summed E-state index contributed by atoms with van der Waals surface area (Å²) in [6.07, 6.45) is 4.17. The number of rotatable bonds is 5. The zero-order valence-electron chi connectivity index (χ0n) is 16.0. The molecule has 0 unspecified atom stereocenters. The standard InChI is InChI=1S/C21H23N3O2S2/c1-13(2)12-26-17-9-5-3-8-15(17)19(25)23-21(27)24-20-16(11-22)14-7-4-6-10-18(14)28-20/h3,5,8-9,13H,4,6-7,10,12H2,1-2H3,(H2,23,24,25,27). The number of nitrogens with one attached hydrogen (secondary N) is 2. The number of para-hydroxylation sites is 1. The quantitative estimate of drug-likeness (QED) is 0.698. The van der Waals surface area contributed by atoms with Crippen LogP contribution < -0.4 is 15.4 Å². The molecule has 0 radical (unpaired) electrons. The summed E-state index contributed by atoms with van der Waals surface area (Å²) in [5, 5.41) is 16.2. The third kappa shape index (κ3) is 4.70. The zero-order valence-corrected chi connectivity index (χ0v) is 17.6. The maximum absolute atomic E-state index is 12.7. The van der Waals surface area contributed by atoms with Crippen molar-refractivity contribution in [1.29, 1.82) is 5.26 Å². The smallest absolute Gasteiger partial charge is 0.261 e. The molecule has 28 heavy (non-hydrogen) atoms. The molecule has 0 saturated carbocycles. The largest absolute Gasteiger partial charge is 0.492 e. The van der Waals surface area contributed by atoms with Gasteiger partial charge in [-0.05, 0) is 61.5 Å². The van der Waals surface area contributed by atoms with Crippen LogP contribution >= 0.6 is 23.6 Å². The minimum absolute atomic E-state index is 0.179. The number of amides is 1. The Balaban J connectivity index is 1.70. The first-order chi connectivity index (χ1) is 13.5. The Hall–Kier alpha value is -2.43. The number of nitriles is 1. The summed E-state index contributed by atoms with van der Waals surface area (Å²) in [7, 11) is 0. The number of nitrogens with zero attached hydrogens (tertiary/aromatic N) is 1. The third-order valence-electron chi connectivity index (χ3n) is 4.44. The van der Waals surface area contributed by atoms with E-state index in [-0.39, 0.29) is 11.0 Å². The molecule has 7 heteroatoms. The van der Waals surface area contributed by atoms with Gasteiger partial charge >= 0.3 is 0 Å². The summed E-state index contributed by atoms with van der Waals surface area (Å²) >= 11 is 6.88. The van der Waals surface area contributed by atoms with Crippen LogP contribution in [0.3, 0.4) is 0 Å². The van der Waals surface area contributed by atoms with Crippen molar-refractivity contribution >= 4 is 39.6 Å². The van der Waals surface area contributed by atoms with Gasteiger partial charge in [0.1, 0.15) is 16.8 Å². The fourth-order valence-electron chi connectivity index (χ4n) is 3.11. The van der Waals surface area contributed by atoms with Crippen molar-refractivity contribution in [3.8, 4) is 11.8 Å². The first-order valence-electron chi connectivity index (χ1n) is 9.38. The molecule has 2 N–H and O–H groups in total. The Morgan fingerprint density at radius 2 is 2.07 bits per heavy atom. The fourth-order valence-corrected chi connectivity index (χ4v) is 4.62. The van der Waals surface area contributed by atoms with Crippen molar-refractivity contribution in [2.45, 2.75) is 39.5 Å². The van der Waals surface area contributed by atoms with E-state index in [9.17, 15) is 10.1 Å². The molecule has 5 nitrogen and oxygen atoms in total. The second kappa shape index (κ2) is 9.18. The van der Waals surface area contributed by atoms with Crippen LogP contribution in [-0.2, 0) is 12.8 Å². The molecule has 1 aliphatic rings. The number of benzene rings is 1. The minimum Gasteiger partial charge on any atom is -0.492 e. The Morgan fingerprint density at radius 1 is 1.32 bits per heavy atom. The topological polar surface area (TPSA) is 74.2 Å². The van der Waals surface area contributed by atoms with Crippen LogP contribution in [0.1, 0.15) is 53.1 Å². The SMILES string of the molecule is CC(C)COc1ccccc1C(=O)NC(=S)Nc1sc2c(c1C#N)CCCC2. The van der Waals surface area contributed by atoms with Crippen molar-refractivity contribution in [3.05, 3.63) is 45.8 Å². The lowest BCUT2D eigenvalue weighted by molar-refractivity contribution is 0.0973. The van der Waals surface area contributed by atoms with E-state index in [1.54, 1.807) is 29.5 Å². The fraction of sp³-hybridized carbons (Fsp3) is 0.381. The van der Waals surface area contributed by atoms with E-state index < -0.39 is 0 Å². The third-order valence-corrected chi connectivity index (χ3v) is 5.85. The number of carbonyl (C=O) groups excluding carboxylic acids is 1. The molecule has 1 aliphatic carbocycles. The molecule has 0 aliphatic heterocycles. The predicted octanol–water partition coefficient (Wildman–Crippen LogP) is 4.66. The minimum atomic E-state index is -0.336. The van der Waals surface area contributed by atoms with E-state index in [2.05, 4.69) is 30.6 Å². The summed E-state index contributed by atoms with van der Waals surface area (Å²) in [5.74, 6) is 0.547. The molecular weight excluding hydrogens is 390 g/mol. The molecule has 0 fully saturated rings. The number of thiophene rings is 1. The zero-order chi connectivity index (χ0) is 20.1. The highest BCUT2D eigenvalue weighted by Crippen LogP contribution is 2.37. The van der Waals surface area contributed by atoms with E-state index in [4.69, 9.17) is 17.0 Å². The van der Waals surface area contributed by atoms with Crippen LogP contribution in [-0.4, -0.2) is 17.6 Å². The number of carbonyl (C=O) groups is 1. The number of aryl methyl sites for hydroxylation is 1. The summed E-state index contributed by atoms with van der Waals surface area (Å²) in [5.41, 5.74) is 2.21. The average Bonchev–Trinajstić information content (AvgIpc) is 3.03. The molecule has 0 atom stereocenters. The van der Waals surface area contributed by atoms with E-state index in [0.717, 1.165) is 31.2 Å². The number of ether oxygens (including phenoxy) is 1. The van der Waals surface area contributed by atoms with Crippen molar-refractivity contribution in [3.63, 3.8) is 0 Å². The summed E-state index contributed by atoms with van der Waals surface area (Å²) in [6.45, 7) is 4.63. The molecule has 1 amide bonds. The number of hydrogen-bond donors (Lipinski definition) is 2. The van der Waals surface area contributed by atoms with Gasteiger partial charge in [0.15, 0.2) is 5.11 Å². The van der Waals surface area contributed by atoms with E-state index in [1.807, 2.05) is 6.07 Å². The Morgan fingerprint density at radius 3 is 2.82 bits per heavy atom. The van der Waals surface area contributed by atoms with Gasteiger partial charge in [-0.3, -0.25) is 10.1 Å². The Bertz CT molecular complexity index is 928. The maximum atomic E-state index is 12.7. The molecular formula is C21H23N3O2S2. The van der Waals surface area contributed by atoms with Gasteiger partial charge in [0.25, 0.3) is 5.91 Å². The number of fused-ring (bicyclic) bond motifs is 1. The van der Waals surface area contributed by atoms with Gasteiger partial charge in [-0.2, -0.15) is 5.26 Å². The summed E-state index contributed by atoms with van der Waals surface area (Å²) in [4.78, 5) is 13.9. The van der Waals surface area contributed by atoms with Crippen LogP contribution in [0.5, 0.6) is 5.75 Å². The maximum Gasteiger partial charge on any atom is 0.261 e. The molecule has 1 aromatic carbocycles. The summed E-state index contributed by atoms with van der Waals surface area (Å²) in [6, 6.07) is 9.38. The average molecular weight is 414 g/mol. The van der Waals surface area contributed by atoms with Gasteiger partial charge < -0.3 is 10.1 Å². The Kier molecular flexibility index (Phi) is 6.65. The highest BCUT2D eigenvalue weighted by molar-refractivity contribution is 7.80. The van der Waals surface area contributed by atoms with Gasteiger partial charge in [0.2, 0.25) is 0 Å². The van der Waals surface area contributed by atoms with E-state index in [1.165, 1.54) is 4.88 Å². The van der Waals surface area contributed by atoms with Gasteiger partial charge in [0.05, 0.1) is 17.7 Å². The van der Waals surface area contributed by atoms with E-state index in [0.29, 0.717) is 34.4 Å². The molecule has 2 aromatic rings. The lowest BCUT2D eigenvalue weighted by atomic mass is 9.96. The molecule has 0 saturated heterocycles. The van der Waals surface area contributed by atoms with Crippen LogP contribution in [0.4, 0.5) is 5.00 Å². The van der Waals surface area contributed by atoms with Gasteiger partial charge in [-0.15, -0.1) is 11.3 Å². The predicted molar refractivity (Wildman–Crippen MR) is 116 cm³/mol. The monoisotopic (exact) mass is 413 g/mol. The van der Waals surface area contributed by atoms with Crippen LogP contribution in [0.2, 0.25) is 0 Å².